The van der Waals surface area contributed by atoms with Gasteiger partial charge in [-0.25, -0.2) is 0 Å². The number of halogens is 1. The van der Waals surface area contributed by atoms with Gasteiger partial charge in [0.05, 0.1) is 0 Å². The number of nitrogens with zero attached hydrogens (tertiary/aromatic N) is 3. The molecule has 5 heteroatoms. The van der Waals surface area contributed by atoms with Gasteiger partial charge in [-0.2, -0.15) is 0 Å². The highest BCUT2D eigenvalue weighted by atomic mass is 35.5. The molecule has 2 aromatic carbocycles. The second kappa shape index (κ2) is 8.74. The maximum absolute atomic E-state index is 11.0. The van der Waals surface area contributed by atoms with Crippen molar-refractivity contribution in [1.29, 1.82) is 0 Å². The average molecular weight is 414 g/mol. The van der Waals surface area contributed by atoms with E-state index < -0.39 is 0 Å². The van der Waals surface area contributed by atoms with Crippen molar-refractivity contribution in [3.63, 3.8) is 0 Å². The molecule has 4 nitrogen and oxygen atoms in total. The van der Waals surface area contributed by atoms with Crippen LogP contribution in [0.2, 0.25) is 5.02 Å². The van der Waals surface area contributed by atoms with Crippen LogP contribution in [0.4, 0.5) is 0 Å². The monoisotopic (exact) mass is 413 g/mol. The Morgan fingerprint density at radius 1 is 1.00 bits per heavy atom. The summed E-state index contributed by atoms with van der Waals surface area (Å²) in [6, 6.07) is 9.61. The fourth-order valence-electron chi connectivity index (χ4n) is 3.60. The molecule has 0 aliphatic heterocycles. The third-order valence-corrected chi connectivity index (χ3v) is 5.50. The number of aromatic nitrogens is 3. The SMILES string of the molecule is CC(C)CCCCCc1cc(-n2nc3ccc(Cl)cc3n2)c(O)c(C(C)(C)C)c1. The van der Waals surface area contributed by atoms with Crippen LogP contribution in [-0.2, 0) is 11.8 Å². The highest BCUT2D eigenvalue weighted by molar-refractivity contribution is 6.31. The van der Waals surface area contributed by atoms with Crippen molar-refractivity contribution < 1.29 is 5.11 Å². The summed E-state index contributed by atoms with van der Waals surface area (Å²) >= 11 is 6.09. The molecule has 156 valence electrons. The molecule has 0 saturated heterocycles. The third-order valence-electron chi connectivity index (χ3n) is 5.26. The van der Waals surface area contributed by atoms with E-state index in [0.717, 1.165) is 29.8 Å². The number of aromatic hydroxyl groups is 1. The van der Waals surface area contributed by atoms with E-state index in [1.54, 1.807) is 12.1 Å². The fraction of sp³-hybridized carbons (Fsp3) is 0.500. The Morgan fingerprint density at radius 3 is 2.41 bits per heavy atom. The summed E-state index contributed by atoms with van der Waals surface area (Å²) in [6.45, 7) is 10.9. The average Bonchev–Trinajstić information content (AvgIpc) is 3.04. The van der Waals surface area contributed by atoms with Gasteiger partial charge in [-0.3, -0.25) is 0 Å². The summed E-state index contributed by atoms with van der Waals surface area (Å²) in [6.07, 6.45) is 5.90. The Bertz CT molecular complexity index is 986. The lowest BCUT2D eigenvalue weighted by molar-refractivity contribution is 0.439. The molecule has 0 fully saturated rings. The van der Waals surface area contributed by atoms with Crippen LogP contribution < -0.4 is 0 Å². The number of unbranched alkanes of at least 4 members (excludes halogenated alkanes) is 2. The van der Waals surface area contributed by atoms with Gasteiger partial charge in [0.15, 0.2) is 0 Å². The first-order chi connectivity index (χ1) is 13.6. The Labute approximate surface area is 178 Å². The van der Waals surface area contributed by atoms with E-state index in [-0.39, 0.29) is 11.2 Å². The highest BCUT2D eigenvalue weighted by Crippen LogP contribution is 2.36. The van der Waals surface area contributed by atoms with Gasteiger partial charge in [0.25, 0.3) is 0 Å². The summed E-state index contributed by atoms with van der Waals surface area (Å²) in [5.41, 5.74) is 4.06. The molecule has 3 aromatic rings. The Hall–Kier alpha value is -2.07. The van der Waals surface area contributed by atoms with E-state index in [1.165, 1.54) is 29.6 Å². The van der Waals surface area contributed by atoms with Gasteiger partial charge < -0.3 is 5.11 Å². The lowest BCUT2D eigenvalue weighted by atomic mass is 9.84. The smallest absolute Gasteiger partial charge is 0.146 e. The fourth-order valence-corrected chi connectivity index (χ4v) is 3.77. The van der Waals surface area contributed by atoms with E-state index >= 15 is 0 Å². The molecule has 0 amide bonds. The first-order valence-corrected chi connectivity index (χ1v) is 10.9. The van der Waals surface area contributed by atoms with Gasteiger partial charge in [-0.15, -0.1) is 15.0 Å². The first-order valence-electron chi connectivity index (χ1n) is 10.5. The molecule has 29 heavy (non-hydrogen) atoms. The maximum atomic E-state index is 11.0. The van der Waals surface area contributed by atoms with E-state index in [2.05, 4.69) is 50.9 Å². The molecule has 0 spiro atoms. The maximum Gasteiger partial charge on any atom is 0.146 e. The van der Waals surface area contributed by atoms with Crippen LogP contribution in [0.1, 0.15) is 71.4 Å². The van der Waals surface area contributed by atoms with E-state index in [0.29, 0.717) is 16.2 Å². The van der Waals surface area contributed by atoms with Crippen LogP contribution in [0.25, 0.3) is 16.7 Å². The minimum atomic E-state index is -0.178. The molecule has 1 heterocycles. The number of hydrogen-bond donors (Lipinski definition) is 1. The number of phenolic OH excluding ortho intramolecular Hbond substituents is 1. The number of phenols is 1. The Kier molecular flexibility index (Phi) is 6.52. The number of hydrogen-bond acceptors (Lipinski definition) is 3. The van der Waals surface area contributed by atoms with Crippen molar-refractivity contribution in [3.05, 3.63) is 46.5 Å². The summed E-state index contributed by atoms with van der Waals surface area (Å²) in [7, 11) is 0. The quantitative estimate of drug-likeness (QED) is 0.431. The van der Waals surface area contributed by atoms with Crippen LogP contribution in [-0.4, -0.2) is 20.1 Å². The van der Waals surface area contributed by atoms with Crippen molar-refractivity contribution >= 4 is 22.6 Å². The second-order valence-electron chi connectivity index (χ2n) is 9.38. The molecule has 0 bridgehead atoms. The molecule has 1 aromatic heterocycles. The zero-order chi connectivity index (χ0) is 21.2. The molecule has 0 saturated carbocycles. The molecule has 0 unspecified atom stereocenters. The van der Waals surface area contributed by atoms with E-state index in [4.69, 9.17) is 11.6 Å². The topological polar surface area (TPSA) is 50.9 Å². The minimum Gasteiger partial charge on any atom is -0.505 e. The minimum absolute atomic E-state index is 0.178. The van der Waals surface area contributed by atoms with Crippen molar-refractivity contribution in [2.24, 2.45) is 5.92 Å². The van der Waals surface area contributed by atoms with Crippen LogP contribution in [0, 0.1) is 5.92 Å². The number of fused-ring (bicyclic) bond motifs is 1. The van der Waals surface area contributed by atoms with Gasteiger partial charge in [-0.05, 0) is 54.0 Å². The van der Waals surface area contributed by atoms with Crippen LogP contribution in [0.3, 0.4) is 0 Å². The number of rotatable bonds is 7. The predicted molar refractivity (Wildman–Crippen MR) is 121 cm³/mol. The molecule has 0 radical (unpaired) electrons. The summed E-state index contributed by atoms with van der Waals surface area (Å²) in [4.78, 5) is 1.54. The molecular formula is C24H32ClN3O. The summed E-state index contributed by atoms with van der Waals surface area (Å²) in [5.74, 6) is 1.00. The zero-order valence-corrected chi connectivity index (χ0v) is 18.9. The van der Waals surface area contributed by atoms with E-state index in [1.807, 2.05) is 12.1 Å². The molecule has 0 aliphatic rings. The van der Waals surface area contributed by atoms with Gasteiger partial charge in [0.1, 0.15) is 22.5 Å². The summed E-state index contributed by atoms with van der Waals surface area (Å²) in [5, 5.41) is 20.8. The van der Waals surface area contributed by atoms with Gasteiger partial charge >= 0.3 is 0 Å². The van der Waals surface area contributed by atoms with Crippen molar-refractivity contribution in [1.82, 2.24) is 15.0 Å². The molecule has 1 N–H and O–H groups in total. The van der Waals surface area contributed by atoms with Crippen LogP contribution >= 0.6 is 11.6 Å². The second-order valence-corrected chi connectivity index (χ2v) is 9.81. The molecule has 0 aliphatic carbocycles. The van der Waals surface area contributed by atoms with Gasteiger partial charge in [0.2, 0.25) is 0 Å². The van der Waals surface area contributed by atoms with Gasteiger partial charge in [0, 0.05) is 10.6 Å². The standard InChI is InChI=1S/C24H32ClN3O/c1-16(2)9-7-6-8-10-17-13-19(24(3,4)5)23(29)22(14-17)28-26-20-12-11-18(25)15-21(20)27-28/h11-16,29H,6-10H2,1-5H3. The number of benzene rings is 2. The summed E-state index contributed by atoms with van der Waals surface area (Å²) < 4.78 is 0. The number of aryl methyl sites for hydroxylation is 1. The van der Waals surface area contributed by atoms with Crippen LogP contribution in [0.5, 0.6) is 5.75 Å². The third kappa shape index (κ3) is 5.30. The van der Waals surface area contributed by atoms with Crippen molar-refractivity contribution in [2.45, 2.75) is 72.1 Å². The Morgan fingerprint density at radius 2 is 1.72 bits per heavy atom. The van der Waals surface area contributed by atoms with Crippen molar-refractivity contribution in [3.8, 4) is 11.4 Å². The van der Waals surface area contributed by atoms with Crippen LogP contribution in [0.15, 0.2) is 30.3 Å². The molecule has 3 rings (SSSR count). The van der Waals surface area contributed by atoms with Crippen molar-refractivity contribution in [2.75, 3.05) is 0 Å². The van der Waals surface area contributed by atoms with Gasteiger partial charge in [-0.1, -0.05) is 71.5 Å². The first kappa shape index (κ1) is 21.6. The lowest BCUT2D eigenvalue weighted by Crippen LogP contribution is -2.14. The normalized spacial score (nSPS) is 12.2. The Balaban J connectivity index is 1.94. The van der Waals surface area contributed by atoms with E-state index in [9.17, 15) is 5.11 Å². The lowest BCUT2D eigenvalue weighted by Gasteiger charge is -2.23. The predicted octanol–water partition coefficient (Wildman–Crippen LogP) is 6.84. The zero-order valence-electron chi connectivity index (χ0n) is 18.2. The molecular weight excluding hydrogens is 382 g/mol. The largest absolute Gasteiger partial charge is 0.505 e. The highest BCUT2D eigenvalue weighted by Gasteiger charge is 2.23. The molecule has 0 atom stereocenters.